The standard InChI is InChI=1S/C22H16F2N4S/c23-18-3-1-2-17(21(18)24)22-26-19-10-25-28(12-20(19)27-22)11-14-4-6-15(7-5-14)16-8-9-29-13-16/h1-10,13H,11-12H2,(H,26,27). The highest BCUT2D eigenvalue weighted by atomic mass is 32.1. The molecule has 1 aliphatic rings. The van der Waals surface area contributed by atoms with E-state index in [1.165, 1.54) is 23.3 Å². The van der Waals surface area contributed by atoms with Gasteiger partial charge in [-0.05, 0) is 45.6 Å². The van der Waals surface area contributed by atoms with Crippen LogP contribution in [0.4, 0.5) is 8.78 Å². The fraction of sp³-hybridized carbons (Fsp3) is 0.0909. The number of H-pyrrole nitrogens is 1. The molecule has 1 aliphatic heterocycles. The van der Waals surface area contributed by atoms with E-state index in [0.29, 0.717) is 24.6 Å². The number of halogens is 2. The lowest BCUT2D eigenvalue weighted by atomic mass is 10.1. The number of benzene rings is 2. The highest BCUT2D eigenvalue weighted by Crippen LogP contribution is 2.26. The number of imidazole rings is 1. The van der Waals surface area contributed by atoms with Crippen LogP contribution in [-0.2, 0) is 13.1 Å². The second-order valence-corrected chi connectivity index (χ2v) is 7.61. The molecule has 4 nitrogen and oxygen atoms in total. The van der Waals surface area contributed by atoms with Gasteiger partial charge in [0.25, 0.3) is 0 Å². The van der Waals surface area contributed by atoms with Crippen molar-refractivity contribution in [3.8, 4) is 22.5 Å². The van der Waals surface area contributed by atoms with Crippen molar-refractivity contribution < 1.29 is 8.78 Å². The normalized spacial score (nSPS) is 13.0. The lowest BCUT2D eigenvalue weighted by Gasteiger charge is -2.21. The van der Waals surface area contributed by atoms with Gasteiger partial charge in [-0.25, -0.2) is 13.8 Å². The predicted molar refractivity (Wildman–Crippen MR) is 111 cm³/mol. The number of thiophene rings is 1. The van der Waals surface area contributed by atoms with Crippen molar-refractivity contribution in [1.29, 1.82) is 0 Å². The maximum Gasteiger partial charge on any atom is 0.169 e. The molecule has 0 bridgehead atoms. The van der Waals surface area contributed by atoms with Gasteiger partial charge < -0.3 is 4.98 Å². The number of hydrogen-bond acceptors (Lipinski definition) is 4. The summed E-state index contributed by atoms with van der Waals surface area (Å²) in [5.74, 6) is -1.49. The van der Waals surface area contributed by atoms with E-state index in [2.05, 4.69) is 56.2 Å². The topological polar surface area (TPSA) is 44.3 Å². The average molecular weight is 406 g/mol. The Hall–Kier alpha value is -3.32. The molecule has 0 fully saturated rings. The lowest BCUT2D eigenvalue weighted by molar-refractivity contribution is 0.265. The van der Waals surface area contributed by atoms with Crippen molar-refractivity contribution in [3.63, 3.8) is 0 Å². The number of hydrogen-bond donors (Lipinski definition) is 1. The highest BCUT2D eigenvalue weighted by Gasteiger charge is 2.20. The Morgan fingerprint density at radius 2 is 1.90 bits per heavy atom. The zero-order valence-electron chi connectivity index (χ0n) is 15.3. The van der Waals surface area contributed by atoms with E-state index in [4.69, 9.17) is 0 Å². The third kappa shape index (κ3) is 3.45. The number of aromatic nitrogens is 2. The van der Waals surface area contributed by atoms with Crippen LogP contribution in [0.2, 0.25) is 0 Å². The first-order valence-electron chi connectivity index (χ1n) is 9.11. The number of nitrogens with zero attached hydrogens (tertiary/aromatic N) is 3. The third-order valence-corrected chi connectivity index (χ3v) is 5.56. The van der Waals surface area contributed by atoms with Gasteiger partial charge in [-0.3, -0.25) is 5.01 Å². The molecule has 5 rings (SSSR count). The molecule has 0 radical (unpaired) electrons. The van der Waals surface area contributed by atoms with Gasteiger partial charge in [0, 0.05) is 0 Å². The summed E-state index contributed by atoms with van der Waals surface area (Å²) in [5.41, 5.74) is 5.14. The Kier molecular flexibility index (Phi) is 4.44. The first-order chi connectivity index (χ1) is 14.2. The molecule has 2 aromatic heterocycles. The maximum atomic E-state index is 14.1. The van der Waals surface area contributed by atoms with Gasteiger partial charge >= 0.3 is 0 Å². The van der Waals surface area contributed by atoms with Crippen LogP contribution in [0.3, 0.4) is 0 Å². The summed E-state index contributed by atoms with van der Waals surface area (Å²) >= 11 is 1.68. The summed E-state index contributed by atoms with van der Waals surface area (Å²) in [4.78, 5) is 7.48. The van der Waals surface area contributed by atoms with Gasteiger partial charge in [-0.15, -0.1) is 0 Å². The molecule has 0 atom stereocenters. The average Bonchev–Trinajstić information content (AvgIpc) is 3.40. The molecule has 0 saturated heterocycles. The fourth-order valence-corrected chi connectivity index (χ4v) is 4.03. The van der Waals surface area contributed by atoms with Crippen LogP contribution < -0.4 is 0 Å². The Morgan fingerprint density at radius 1 is 1.03 bits per heavy atom. The molecule has 0 unspecified atom stereocenters. The molecule has 0 saturated carbocycles. The van der Waals surface area contributed by atoms with Gasteiger partial charge in [0.05, 0.1) is 30.6 Å². The van der Waals surface area contributed by atoms with Crippen LogP contribution in [0.25, 0.3) is 22.5 Å². The van der Waals surface area contributed by atoms with Gasteiger partial charge in [-0.2, -0.15) is 16.4 Å². The number of hydrazone groups is 1. The minimum atomic E-state index is -0.905. The van der Waals surface area contributed by atoms with E-state index in [-0.39, 0.29) is 5.56 Å². The van der Waals surface area contributed by atoms with E-state index >= 15 is 0 Å². The molecular weight excluding hydrogens is 390 g/mol. The van der Waals surface area contributed by atoms with Crippen molar-refractivity contribution in [2.45, 2.75) is 13.1 Å². The molecule has 0 amide bonds. The molecule has 3 heterocycles. The Labute approximate surface area is 170 Å². The fourth-order valence-electron chi connectivity index (χ4n) is 3.36. The van der Waals surface area contributed by atoms with Gasteiger partial charge in [0.2, 0.25) is 0 Å². The summed E-state index contributed by atoms with van der Waals surface area (Å²) in [5, 5.41) is 10.5. The van der Waals surface area contributed by atoms with Gasteiger partial charge in [0.15, 0.2) is 11.6 Å². The van der Waals surface area contributed by atoms with Crippen LogP contribution in [-0.4, -0.2) is 21.2 Å². The number of rotatable bonds is 4. The third-order valence-electron chi connectivity index (χ3n) is 4.87. The molecule has 4 aromatic rings. The van der Waals surface area contributed by atoms with E-state index in [0.717, 1.165) is 17.3 Å². The predicted octanol–water partition coefficient (Wildman–Crippen LogP) is 5.43. The molecule has 29 heavy (non-hydrogen) atoms. The van der Waals surface area contributed by atoms with Crippen molar-refractivity contribution >= 4 is 17.6 Å². The van der Waals surface area contributed by atoms with E-state index < -0.39 is 11.6 Å². The maximum absolute atomic E-state index is 14.1. The van der Waals surface area contributed by atoms with E-state index in [1.807, 2.05) is 5.01 Å². The smallest absolute Gasteiger partial charge is 0.169 e. The molecule has 7 heteroatoms. The van der Waals surface area contributed by atoms with Crippen LogP contribution >= 0.6 is 11.3 Å². The van der Waals surface area contributed by atoms with Crippen LogP contribution in [0.1, 0.15) is 17.0 Å². The molecule has 0 aliphatic carbocycles. The van der Waals surface area contributed by atoms with Crippen LogP contribution in [0.15, 0.2) is 64.4 Å². The Morgan fingerprint density at radius 3 is 2.69 bits per heavy atom. The molecule has 144 valence electrons. The summed E-state index contributed by atoms with van der Waals surface area (Å²) in [6.07, 6.45) is 1.65. The highest BCUT2D eigenvalue weighted by molar-refractivity contribution is 7.08. The minimum absolute atomic E-state index is 0.114. The van der Waals surface area contributed by atoms with E-state index in [1.54, 1.807) is 17.6 Å². The zero-order chi connectivity index (χ0) is 19.8. The Bertz CT molecular complexity index is 1180. The van der Waals surface area contributed by atoms with Crippen LogP contribution in [0.5, 0.6) is 0 Å². The quantitative estimate of drug-likeness (QED) is 0.491. The SMILES string of the molecule is Fc1cccc(-c2nc3c([nH]2)CN(Cc2ccc(-c4ccsc4)cc2)N=C3)c1F. The Balaban J connectivity index is 1.32. The second-order valence-electron chi connectivity index (χ2n) is 6.83. The summed E-state index contributed by atoms with van der Waals surface area (Å²) in [7, 11) is 0. The van der Waals surface area contributed by atoms with Crippen LogP contribution in [0, 0.1) is 11.6 Å². The summed E-state index contributed by atoms with van der Waals surface area (Å²) in [6.45, 7) is 1.16. The second kappa shape index (κ2) is 7.25. The number of nitrogens with one attached hydrogen (secondary N) is 1. The van der Waals surface area contributed by atoms with Crippen molar-refractivity contribution in [3.05, 3.63) is 87.9 Å². The summed E-state index contributed by atoms with van der Waals surface area (Å²) < 4.78 is 27.6. The first kappa shape index (κ1) is 17.8. The largest absolute Gasteiger partial charge is 0.340 e. The molecule has 1 N–H and O–H groups in total. The zero-order valence-corrected chi connectivity index (χ0v) is 16.1. The number of aromatic amines is 1. The van der Waals surface area contributed by atoms with E-state index in [9.17, 15) is 8.78 Å². The van der Waals surface area contributed by atoms with Crippen molar-refractivity contribution in [2.75, 3.05) is 0 Å². The monoisotopic (exact) mass is 406 g/mol. The number of fused-ring (bicyclic) bond motifs is 1. The summed E-state index contributed by atoms with van der Waals surface area (Å²) in [6, 6.07) is 14.6. The first-order valence-corrected chi connectivity index (χ1v) is 10.1. The van der Waals surface area contributed by atoms with Gasteiger partial charge in [0.1, 0.15) is 11.5 Å². The molecule has 2 aromatic carbocycles. The molecule has 0 spiro atoms. The van der Waals surface area contributed by atoms with Gasteiger partial charge in [-0.1, -0.05) is 30.3 Å². The lowest BCUT2D eigenvalue weighted by Crippen LogP contribution is -2.21. The molecular formula is C22H16F2N4S. The minimum Gasteiger partial charge on any atom is -0.340 e. The van der Waals surface area contributed by atoms with Crippen molar-refractivity contribution in [2.24, 2.45) is 5.10 Å². The van der Waals surface area contributed by atoms with Crippen molar-refractivity contribution in [1.82, 2.24) is 15.0 Å².